The highest BCUT2D eigenvalue weighted by atomic mass is 19.1. The van der Waals surface area contributed by atoms with E-state index in [0.29, 0.717) is 67.9 Å². The zero-order chi connectivity index (χ0) is 27.1. The lowest BCUT2D eigenvalue weighted by Crippen LogP contribution is -2.14. The Bertz CT molecular complexity index is 1860. The first kappa shape index (κ1) is 24.4. The molecule has 194 valence electrons. The van der Waals surface area contributed by atoms with Crippen molar-refractivity contribution in [1.29, 1.82) is 0 Å². The van der Waals surface area contributed by atoms with Gasteiger partial charge in [-0.15, -0.1) is 0 Å². The fourth-order valence-corrected chi connectivity index (χ4v) is 4.58. The van der Waals surface area contributed by atoms with Crippen LogP contribution in [0.25, 0.3) is 55.8 Å². The molecule has 0 radical (unpaired) electrons. The lowest BCUT2D eigenvalue weighted by Gasteiger charge is -2.09. The number of benzene rings is 2. The number of rotatable bonds is 6. The maximum atomic E-state index is 15.2. The van der Waals surface area contributed by atoms with Crippen LogP contribution in [0.15, 0.2) is 67.1 Å². The average molecular weight is 524 g/mol. The van der Waals surface area contributed by atoms with Gasteiger partial charge in [0.15, 0.2) is 5.82 Å². The molecule has 0 saturated carbocycles. The number of carbonyl (C=O) groups excluding carboxylic acids is 1. The second-order valence-corrected chi connectivity index (χ2v) is 9.68. The fourth-order valence-electron chi connectivity index (χ4n) is 4.58. The number of carbonyl (C=O) groups is 1. The van der Waals surface area contributed by atoms with Gasteiger partial charge in [-0.25, -0.2) is 13.8 Å². The first-order valence-electron chi connectivity index (χ1n) is 12.4. The van der Waals surface area contributed by atoms with Crippen molar-refractivity contribution < 1.29 is 13.6 Å². The number of anilines is 1. The van der Waals surface area contributed by atoms with E-state index in [1.165, 1.54) is 24.5 Å². The van der Waals surface area contributed by atoms with E-state index in [1.54, 1.807) is 42.6 Å². The van der Waals surface area contributed by atoms with Gasteiger partial charge < -0.3 is 10.3 Å². The van der Waals surface area contributed by atoms with Crippen LogP contribution in [0.5, 0.6) is 0 Å². The van der Waals surface area contributed by atoms with Crippen LogP contribution in [-0.2, 0) is 4.79 Å². The minimum Gasteiger partial charge on any atom is -0.336 e. The number of nitrogens with zero attached hydrogens (tertiary/aromatic N) is 4. The lowest BCUT2D eigenvalue weighted by molar-refractivity contribution is -0.116. The van der Waals surface area contributed by atoms with Gasteiger partial charge in [0.1, 0.15) is 28.5 Å². The van der Waals surface area contributed by atoms with Crippen molar-refractivity contribution in [2.24, 2.45) is 5.92 Å². The van der Waals surface area contributed by atoms with Gasteiger partial charge in [0.2, 0.25) is 5.91 Å². The standard InChI is InChI=1S/C29H23F2N7O/c1-15(2)9-25(39)34-17-10-16(13-32-14-17)19-11-20-24(12-22(19)31)37-38-27(20)29-35-23-7-8-33-26(28(23)36-29)18-5-3-4-6-21(18)30/h3-8,10-15H,9H2,1-2H3,(H,34,39)(H,35,36)(H,37,38). The first-order chi connectivity index (χ1) is 18.9. The molecule has 0 unspecified atom stereocenters. The quantitative estimate of drug-likeness (QED) is 0.231. The number of imidazole rings is 1. The number of amides is 1. The molecule has 4 heterocycles. The predicted molar refractivity (Wildman–Crippen MR) is 146 cm³/mol. The normalized spacial score (nSPS) is 11.5. The Labute approximate surface area is 221 Å². The Morgan fingerprint density at radius 2 is 1.82 bits per heavy atom. The molecule has 0 aliphatic rings. The van der Waals surface area contributed by atoms with E-state index in [9.17, 15) is 9.18 Å². The lowest BCUT2D eigenvalue weighted by atomic mass is 10.0. The highest BCUT2D eigenvalue weighted by Crippen LogP contribution is 2.34. The van der Waals surface area contributed by atoms with Crippen LogP contribution in [0.2, 0.25) is 0 Å². The van der Waals surface area contributed by atoms with Gasteiger partial charge in [-0.3, -0.25) is 19.9 Å². The summed E-state index contributed by atoms with van der Waals surface area (Å²) in [7, 11) is 0. The summed E-state index contributed by atoms with van der Waals surface area (Å²) in [5.74, 6) is -0.375. The first-order valence-corrected chi connectivity index (χ1v) is 12.4. The summed E-state index contributed by atoms with van der Waals surface area (Å²) in [5.41, 5.74) is 4.12. The number of hydrogen-bond acceptors (Lipinski definition) is 5. The van der Waals surface area contributed by atoms with E-state index in [1.807, 2.05) is 13.8 Å². The molecule has 4 aromatic heterocycles. The van der Waals surface area contributed by atoms with Crippen molar-refractivity contribution in [3.05, 3.63) is 78.8 Å². The van der Waals surface area contributed by atoms with E-state index >= 15 is 4.39 Å². The van der Waals surface area contributed by atoms with Crippen molar-refractivity contribution in [2.75, 3.05) is 5.32 Å². The van der Waals surface area contributed by atoms with E-state index in [4.69, 9.17) is 4.98 Å². The maximum absolute atomic E-state index is 15.2. The van der Waals surface area contributed by atoms with E-state index in [-0.39, 0.29) is 11.8 Å². The van der Waals surface area contributed by atoms with Gasteiger partial charge in [-0.1, -0.05) is 26.0 Å². The second-order valence-electron chi connectivity index (χ2n) is 9.68. The van der Waals surface area contributed by atoms with Gasteiger partial charge in [-0.05, 0) is 36.2 Å². The van der Waals surface area contributed by atoms with Crippen molar-refractivity contribution >= 4 is 33.5 Å². The molecular weight excluding hydrogens is 500 g/mol. The topological polar surface area (TPSA) is 112 Å². The van der Waals surface area contributed by atoms with Crippen LogP contribution in [0.3, 0.4) is 0 Å². The van der Waals surface area contributed by atoms with Gasteiger partial charge in [0, 0.05) is 47.0 Å². The van der Waals surface area contributed by atoms with Gasteiger partial charge >= 0.3 is 0 Å². The minimum absolute atomic E-state index is 0.133. The molecule has 0 aliphatic heterocycles. The van der Waals surface area contributed by atoms with E-state index in [2.05, 4.69) is 30.5 Å². The molecule has 0 spiro atoms. The van der Waals surface area contributed by atoms with E-state index in [0.717, 1.165) is 0 Å². The highest BCUT2D eigenvalue weighted by Gasteiger charge is 2.19. The summed E-state index contributed by atoms with van der Waals surface area (Å²) in [6.07, 6.45) is 5.02. The summed E-state index contributed by atoms with van der Waals surface area (Å²) >= 11 is 0. The molecule has 3 N–H and O–H groups in total. The fraction of sp³-hybridized carbons (Fsp3) is 0.138. The van der Waals surface area contributed by atoms with Crippen molar-refractivity contribution in [2.45, 2.75) is 20.3 Å². The van der Waals surface area contributed by atoms with Gasteiger partial charge in [-0.2, -0.15) is 5.10 Å². The SMILES string of the molecule is CC(C)CC(=O)Nc1cncc(-c2cc3c(-c4nc5c(-c6ccccc6F)nccc5[nH]4)n[nH]c3cc2F)c1. The summed E-state index contributed by atoms with van der Waals surface area (Å²) in [5, 5.41) is 10.7. The number of hydrogen-bond donors (Lipinski definition) is 3. The van der Waals surface area contributed by atoms with Crippen LogP contribution in [0, 0.1) is 17.6 Å². The molecule has 10 heteroatoms. The van der Waals surface area contributed by atoms with Crippen LogP contribution >= 0.6 is 0 Å². The monoisotopic (exact) mass is 523 g/mol. The van der Waals surface area contributed by atoms with Crippen molar-refractivity contribution in [3.63, 3.8) is 0 Å². The van der Waals surface area contributed by atoms with Crippen LogP contribution in [0.1, 0.15) is 20.3 Å². The minimum atomic E-state index is -0.471. The number of H-pyrrole nitrogens is 2. The molecule has 6 rings (SSSR count). The van der Waals surface area contributed by atoms with Gasteiger partial charge in [0.05, 0.1) is 22.9 Å². The Hall–Kier alpha value is -4.99. The summed E-state index contributed by atoms with van der Waals surface area (Å²) < 4.78 is 29.7. The number of pyridine rings is 2. The number of aromatic nitrogens is 6. The van der Waals surface area contributed by atoms with Crippen molar-refractivity contribution in [3.8, 4) is 33.9 Å². The smallest absolute Gasteiger partial charge is 0.224 e. The molecule has 0 aliphatic carbocycles. The molecule has 6 aromatic rings. The van der Waals surface area contributed by atoms with E-state index < -0.39 is 11.6 Å². The summed E-state index contributed by atoms with van der Waals surface area (Å²) in [6, 6.07) is 12.8. The Morgan fingerprint density at radius 1 is 0.974 bits per heavy atom. The Kier molecular flexibility index (Phi) is 6.07. The third-order valence-electron chi connectivity index (χ3n) is 6.33. The van der Waals surface area contributed by atoms with Crippen LogP contribution in [0.4, 0.5) is 14.5 Å². The summed E-state index contributed by atoms with van der Waals surface area (Å²) in [6.45, 7) is 3.92. The van der Waals surface area contributed by atoms with Crippen LogP contribution < -0.4 is 5.32 Å². The molecule has 0 atom stereocenters. The number of nitrogens with one attached hydrogen (secondary N) is 3. The van der Waals surface area contributed by atoms with Gasteiger partial charge in [0.25, 0.3) is 0 Å². The molecule has 39 heavy (non-hydrogen) atoms. The Morgan fingerprint density at radius 3 is 2.64 bits per heavy atom. The zero-order valence-corrected chi connectivity index (χ0v) is 21.1. The molecule has 2 aromatic carbocycles. The molecular formula is C29H23F2N7O. The second kappa shape index (κ2) is 9.71. The number of halogens is 2. The predicted octanol–water partition coefficient (Wildman–Crippen LogP) is 6.49. The summed E-state index contributed by atoms with van der Waals surface area (Å²) in [4.78, 5) is 28.7. The molecule has 0 saturated heterocycles. The molecule has 1 amide bonds. The third kappa shape index (κ3) is 4.61. The largest absolute Gasteiger partial charge is 0.336 e. The molecule has 8 nitrogen and oxygen atoms in total. The number of aromatic amines is 2. The Balaban J connectivity index is 1.42. The maximum Gasteiger partial charge on any atom is 0.224 e. The zero-order valence-electron chi connectivity index (χ0n) is 21.1. The third-order valence-corrected chi connectivity index (χ3v) is 6.33. The van der Waals surface area contributed by atoms with Crippen LogP contribution in [-0.4, -0.2) is 36.0 Å². The molecule has 0 bridgehead atoms. The highest BCUT2D eigenvalue weighted by molar-refractivity contribution is 5.98. The average Bonchev–Trinajstić information content (AvgIpc) is 3.52. The number of fused-ring (bicyclic) bond motifs is 2. The van der Waals surface area contributed by atoms with Crippen molar-refractivity contribution in [1.82, 2.24) is 30.1 Å². The molecule has 0 fully saturated rings.